The molecule has 0 aliphatic rings. The van der Waals surface area contributed by atoms with Gasteiger partial charge in [0.2, 0.25) is 0 Å². The molecular formula is C10H10F4N4O2. The number of aryl methyl sites for hydroxylation is 1. The van der Waals surface area contributed by atoms with Gasteiger partial charge < -0.3 is 4.98 Å². The standard InChI is InChI=1S/C10H10F4N4O2/c1-2-3-18-5-4(6(19)17-9(18)20)15-8(16-5)10(13,14)7(11)12/h7H,2-3H2,1H3,(H,15,16)(H,17,19,20). The molecule has 2 rings (SSSR count). The summed E-state index contributed by atoms with van der Waals surface area (Å²) in [5.41, 5.74) is -2.62. The summed E-state index contributed by atoms with van der Waals surface area (Å²) in [6.07, 6.45) is -3.51. The molecule has 2 N–H and O–H groups in total. The molecular weight excluding hydrogens is 284 g/mol. The summed E-state index contributed by atoms with van der Waals surface area (Å²) < 4.78 is 52.0. The molecule has 0 aliphatic heterocycles. The SMILES string of the molecule is CCCn1c(=O)[nH]c(=O)c2[nH]c(C(F)(F)C(F)F)nc21. The number of fused-ring (bicyclic) bond motifs is 1. The van der Waals surface area contributed by atoms with E-state index in [9.17, 15) is 27.2 Å². The number of alkyl halides is 4. The fourth-order valence-corrected chi connectivity index (χ4v) is 1.73. The van der Waals surface area contributed by atoms with Crippen molar-refractivity contribution in [3.63, 3.8) is 0 Å². The Morgan fingerprint density at radius 2 is 1.95 bits per heavy atom. The third-order valence-corrected chi connectivity index (χ3v) is 2.67. The van der Waals surface area contributed by atoms with Crippen molar-refractivity contribution in [2.24, 2.45) is 0 Å². The first-order chi connectivity index (χ1) is 9.28. The van der Waals surface area contributed by atoms with Crippen LogP contribution in [0.3, 0.4) is 0 Å². The van der Waals surface area contributed by atoms with E-state index >= 15 is 0 Å². The van der Waals surface area contributed by atoms with Crippen molar-refractivity contribution < 1.29 is 17.6 Å². The molecule has 0 saturated carbocycles. The zero-order valence-electron chi connectivity index (χ0n) is 10.2. The summed E-state index contributed by atoms with van der Waals surface area (Å²) in [4.78, 5) is 30.1. The third kappa shape index (κ3) is 2.10. The van der Waals surface area contributed by atoms with Crippen LogP contribution in [0.15, 0.2) is 9.59 Å². The highest BCUT2D eigenvalue weighted by Crippen LogP contribution is 2.32. The minimum atomic E-state index is -4.53. The Labute approximate surface area is 108 Å². The Kier molecular flexibility index (Phi) is 3.40. The number of hydrogen-bond donors (Lipinski definition) is 2. The van der Waals surface area contributed by atoms with Crippen molar-refractivity contribution in [2.45, 2.75) is 32.2 Å². The lowest BCUT2D eigenvalue weighted by molar-refractivity contribution is -0.140. The normalized spacial score (nSPS) is 12.5. The van der Waals surface area contributed by atoms with Crippen LogP contribution in [0.25, 0.3) is 11.2 Å². The summed E-state index contributed by atoms with van der Waals surface area (Å²) in [5, 5.41) is 0. The van der Waals surface area contributed by atoms with Crippen molar-refractivity contribution in [1.29, 1.82) is 0 Å². The van der Waals surface area contributed by atoms with E-state index in [2.05, 4.69) is 4.98 Å². The fourth-order valence-electron chi connectivity index (χ4n) is 1.73. The largest absolute Gasteiger partial charge is 0.363 e. The first kappa shape index (κ1) is 14.3. The van der Waals surface area contributed by atoms with Gasteiger partial charge >= 0.3 is 18.0 Å². The van der Waals surface area contributed by atoms with E-state index in [0.29, 0.717) is 6.42 Å². The molecule has 20 heavy (non-hydrogen) atoms. The highest BCUT2D eigenvalue weighted by atomic mass is 19.3. The maximum absolute atomic E-state index is 13.2. The van der Waals surface area contributed by atoms with E-state index in [1.54, 1.807) is 6.92 Å². The Hall–Kier alpha value is -2.13. The number of aromatic amines is 2. The minimum absolute atomic E-state index is 0.108. The molecule has 2 heterocycles. The molecule has 0 atom stereocenters. The van der Waals surface area contributed by atoms with Gasteiger partial charge in [0.1, 0.15) is 5.52 Å². The number of nitrogens with zero attached hydrogens (tertiary/aromatic N) is 2. The summed E-state index contributed by atoms with van der Waals surface area (Å²) in [6, 6.07) is 0. The van der Waals surface area contributed by atoms with Gasteiger partial charge in [0, 0.05) is 6.54 Å². The third-order valence-electron chi connectivity index (χ3n) is 2.67. The molecule has 0 amide bonds. The molecule has 0 aromatic carbocycles. The van der Waals surface area contributed by atoms with Crippen LogP contribution in [0.5, 0.6) is 0 Å². The van der Waals surface area contributed by atoms with Crippen molar-refractivity contribution >= 4 is 11.2 Å². The van der Waals surface area contributed by atoms with Crippen LogP contribution < -0.4 is 11.2 Å². The number of aromatic nitrogens is 4. The smallest absolute Gasteiger partial charge is 0.331 e. The second-order valence-corrected chi connectivity index (χ2v) is 4.12. The number of imidazole rings is 1. The second-order valence-electron chi connectivity index (χ2n) is 4.12. The van der Waals surface area contributed by atoms with E-state index in [1.807, 2.05) is 9.97 Å². The highest BCUT2D eigenvalue weighted by Gasteiger charge is 2.46. The number of rotatable bonds is 4. The quantitative estimate of drug-likeness (QED) is 0.831. The zero-order valence-corrected chi connectivity index (χ0v) is 10.2. The molecule has 6 nitrogen and oxygen atoms in total. The van der Waals surface area contributed by atoms with Gasteiger partial charge in [-0.25, -0.2) is 18.6 Å². The number of hydrogen-bond acceptors (Lipinski definition) is 3. The topological polar surface area (TPSA) is 83.5 Å². The lowest BCUT2D eigenvalue weighted by Crippen LogP contribution is -2.30. The molecule has 0 saturated heterocycles. The van der Waals surface area contributed by atoms with Gasteiger partial charge in [0.15, 0.2) is 11.5 Å². The van der Waals surface area contributed by atoms with Gasteiger partial charge in [-0.2, -0.15) is 8.78 Å². The van der Waals surface area contributed by atoms with Gasteiger partial charge in [-0.1, -0.05) is 6.92 Å². The molecule has 0 radical (unpaired) electrons. The van der Waals surface area contributed by atoms with Gasteiger partial charge in [0.25, 0.3) is 5.56 Å². The van der Waals surface area contributed by atoms with Crippen molar-refractivity contribution in [3.05, 3.63) is 26.7 Å². The van der Waals surface area contributed by atoms with Crippen molar-refractivity contribution in [1.82, 2.24) is 19.5 Å². The second kappa shape index (κ2) is 4.76. The molecule has 2 aromatic rings. The van der Waals surface area contributed by atoms with Gasteiger partial charge in [-0.05, 0) is 6.42 Å². The van der Waals surface area contributed by atoms with Crippen LogP contribution in [0, 0.1) is 0 Å². The summed E-state index contributed by atoms with van der Waals surface area (Å²) in [5.74, 6) is -5.87. The predicted octanol–water partition coefficient (Wildman–Crippen LogP) is 1.18. The monoisotopic (exact) mass is 294 g/mol. The Balaban J connectivity index is 2.76. The average Bonchev–Trinajstić information content (AvgIpc) is 2.80. The number of nitrogens with one attached hydrogen (secondary N) is 2. The number of H-pyrrole nitrogens is 2. The molecule has 10 heteroatoms. The summed E-state index contributed by atoms with van der Waals surface area (Å²) in [6.45, 7) is 1.82. The molecule has 0 aliphatic carbocycles. The maximum atomic E-state index is 13.2. The Bertz CT molecular complexity index is 746. The van der Waals surface area contributed by atoms with Crippen LogP contribution in [0.4, 0.5) is 17.6 Å². The molecule has 2 aromatic heterocycles. The van der Waals surface area contributed by atoms with E-state index in [1.165, 1.54) is 0 Å². The van der Waals surface area contributed by atoms with Crippen molar-refractivity contribution in [3.8, 4) is 0 Å². The van der Waals surface area contributed by atoms with Crippen LogP contribution in [-0.4, -0.2) is 25.9 Å². The van der Waals surface area contributed by atoms with Gasteiger partial charge in [0.05, 0.1) is 0 Å². The summed E-state index contributed by atoms with van der Waals surface area (Å²) in [7, 11) is 0. The predicted molar refractivity (Wildman–Crippen MR) is 61.2 cm³/mol. The first-order valence-electron chi connectivity index (χ1n) is 5.68. The van der Waals surface area contributed by atoms with Gasteiger partial charge in [-0.3, -0.25) is 14.3 Å². The molecule has 0 fully saturated rings. The Morgan fingerprint density at radius 1 is 1.30 bits per heavy atom. The van der Waals surface area contributed by atoms with E-state index in [0.717, 1.165) is 4.57 Å². The lowest BCUT2D eigenvalue weighted by atomic mass is 10.3. The molecule has 110 valence electrons. The molecule has 0 spiro atoms. The van der Waals surface area contributed by atoms with Crippen LogP contribution in [-0.2, 0) is 12.5 Å². The van der Waals surface area contributed by atoms with Crippen LogP contribution >= 0.6 is 0 Å². The van der Waals surface area contributed by atoms with E-state index < -0.39 is 34.9 Å². The minimum Gasteiger partial charge on any atom is -0.331 e. The highest BCUT2D eigenvalue weighted by molar-refractivity contribution is 5.69. The van der Waals surface area contributed by atoms with E-state index in [-0.39, 0.29) is 12.2 Å². The van der Waals surface area contributed by atoms with Crippen LogP contribution in [0.2, 0.25) is 0 Å². The lowest BCUT2D eigenvalue weighted by Gasteiger charge is -2.11. The summed E-state index contributed by atoms with van der Waals surface area (Å²) >= 11 is 0. The van der Waals surface area contributed by atoms with Crippen LogP contribution in [0.1, 0.15) is 19.2 Å². The molecule has 0 unspecified atom stereocenters. The number of halogens is 4. The average molecular weight is 294 g/mol. The first-order valence-corrected chi connectivity index (χ1v) is 5.68. The van der Waals surface area contributed by atoms with E-state index in [4.69, 9.17) is 0 Å². The van der Waals surface area contributed by atoms with Gasteiger partial charge in [-0.15, -0.1) is 0 Å². The Morgan fingerprint density at radius 3 is 2.50 bits per heavy atom. The zero-order chi connectivity index (χ0) is 15.1. The fraction of sp³-hybridized carbons (Fsp3) is 0.500. The van der Waals surface area contributed by atoms with Crippen molar-refractivity contribution in [2.75, 3.05) is 0 Å². The molecule has 0 bridgehead atoms. The maximum Gasteiger partial charge on any atom is 0.363 e.